The summed E-state index contributed by atoms with van der Waals surface area (Å²) in [6, 6.07) is 1.20. The second kappa shape index (κ2) is 5.99. The van der Waals surface area contributed by atoms with Gasteiger partial charge in [-0.1, -0.05) is 0 Å². The van der Waals surface area contributed by atoms with Crippen LogP contribution in [0.25, 0.3) is 0 Å². The molecule has 3 unspecified atom stereocenters. The summed E-state index contributed by atoms with van der Waals surface area (Å²) in [7, 11) is 0. The molecule has 3 atom stereocenters. The summed E-state index contributed by atoms with van der Waals surface area (Å²) in [6.45, 7) is 10.3. The Morgan fingerprint density at radius 2 is 2.06 bits per heavy atom. The van der Waals surface area contributed by atoms with E-state index in [0.29, 0.717) is 12.1 Å². The minimum atomic E-state index is 0.597. The van der Waals surface area contributed by atoms with Crippen molar-refractivity contribution in [2.24, 2.45) is 5.92 Å². The van der Waals surface area contributed by atoms with Crippen LogP contribution in [0.1, 0.15) is 33.1 Å². The van der Waals surface area contributed by atoms with Crippen LogP contribution < -0.4 is 5.32 Å². The van der Waals surface area contributed by atoms with Crippen LogP contribution in [0.15, 0.2) is 0 Å². The van der Waals surface area contributed by atoms with Gasteiger partial charge in [-0.05, 0) is 52.1 Å². The van der Waals surface area contributed by atoms with Crippen molar-refractivity contribution in [1.29, 1.82) is 0 Å². The van der Waals surface area contributed by atoms with E-state index in [0.717, 1.165) is 19.1 Å². The van der Waals surface area contributed by atoms with Crippen LogP contribution in [0.5, 0.6) is 0 Å². The summed E-state index contributed by atoms with van der Waals surface area (Å²) in [5.74, 6) is 0.723. The predicted octanol–water partition coefficient (Wildman–Crippen LogP) is 1.49. The van der Waals surface area contributed by atoms with E-state index in [1.165, 1.54) is 38.9 Å². The molecule has 2 saturated heterocycles. The van der Waals surface area contributed by atoms with Gasteiger partial charge in [0.25, 0.3) is 0 Å². The summed E-state index contributed by atoms with van der Waals surface area (Å²) in [4.78, 5) is 2.58. The zero-order valence-electron chi connectivity index (χ0n) is 10.7. The van der Waals surface area contributed by atoms with Crippen molar-refractivity contribution in [2.75, 3.05) is 32.8 Å². The molecule has 3 nitrogen and oxygen atoms in total. The molecule has 2 rings (SSSR count). The van der Waals surface area contributed by atoms with E-state index in [9.17, 15) is 0 Å². The monoisotopic (exact) mass is 226 g/mol. The molecule has 2 aliphatic rings. The molecule has 0 radical (unpaired) electrons. The van der Waals surface area contributed by atoms with Gasteiger partial charge in [0.1, 0.15) is 0 Å². The molecule has 0 spiro atoms. The zero-order chi connectivity index (χ0) is 11.4. The molecule has 1 N–H and O–H groups in total. The molecule has 2 aliphatic heterocycles. The highest BCUT2D eigenvalue weighted by atomic mass is 16.5. The lowest BCUT2D eigenvalue weighted by Crippen LogP contribution is -2.45. The first-order valence-electron chi connectivity index (χ1n) is 6.82. The van der Waals surface area contributed by atoms with Crippen molar-refractivity contribution < 1.29 is 4.74 Å². The number of nitrogens with one attached hydrogen (secondary N) is 1. The smallest absolute Gasteiger partial charge is 0.0509 e. The zero-order valence-corrected chi connectivity index (χ0v) is 10.7. The lowest BCUT2D eigenvalue weighted by atomic mass is 10.00. The third-order valence-electron chi connectivity index (χ3n) is 3.95. The molecule has 3 heteroatoms. The van der Waals surface area contributed by atoms with Crippen LogP contribution in [0.4, 0.5) is 0 Å². The van der Waals surface area contributed by atoms with E-state index in [1.807, 2.05) is 0 Å². The Hall–Kier alpha value is -0.120. The van der Waals surface area contributed by atoms with Crippen molar-refractivity contribution in [1.82, 2.24) is 10.2 Å². The molecule has 0 aromatic carbocycles. The van der Waals surface area contributed by atoms with Crippen molar-refractivity contribution in [3.8, 4) is 0 Å². The van der Waals surface area contributed by atoms with E-state index in [-0.39, 0.29) is 0 Å². The number of ether oxygens (including phenoxy) is 1. The molecule has 0 aliphatic carbocycles. The number of likely N-dealkylation sites (tertiary alicyclic amines) is 1. The summed E-state index contributed by atoms with van der Waals surface area (Å²) >= 11 is 0. The maximum Gasteiger partial charge on any atom is 0.0509 e. The van der Waals surface area contributed by atoms with Gasteiger partial charge in [-0.2, -0.15) is 0 Å². The minimum absolute atomic E-state index is 0.597. The Morgan fingerprint density at radius 3 is 2.69 bits per heavy atom. The quantitative estimate of drug-likeness (QED) is 0.768. The normalized spacial score (nSPS) is 30.8. The van der Waals surface area contributed by atoms with E-state index >= 15 is 0 Å². The predicted molar refractivity (Wildman–Crippen MR) is 66.7 cm³/mol. The Balaban J connectivity index is 1.66. The van der Waals surface area contributed by atoms with Crippen molar-refractivity contribution in [3.63, 3.8) is 0 Å². The molecular weight excluding hydrogens is 200 g/mol. The summed E-state index contributed by atoms with van der Waals surface area (Å²) in [5.41, 5.74) is 0. The molecule has 94 valence electrons. The highest BCUT2D eigenvalue weighted by Gasteiger charge is 2.24. The average molecular weight is 226 g/mol. The number of hydrogen-bond acceptors (Lipinski definition) is 3. The summed E-state index contributed by atoms with van der Waals surface area (Å²) in [6.07, 6.45) is 4.00. The molecule has 16 heavy (non-hydrogen) atoms. The molecule has 0 aromatic rings. The number of hydrogen-bond donors (Lipinski definition) is 1. The first-order valence-corrected chi connectivity index (χ1v) is 6.82. The summed E-state index contributed by atoms with van der Waals surface area (Å²) < 4.78 is 5.44. The number of nitrogens with zero attached hydrogens (tertiary/aromatic N) is 1. The fourth-order valence-electron chi connectivity index (χ4n) is 2.94. The van der Waals surface area contributed by atoms with Crippen LogP contribution in [-0.4, -0.2) is 49.8 Å². The van der Waals surface area contributed by atoms with Crippen molar-refractivity contribution in [3.05, 3.63) is 0 Å². The second-order valence-electron chi connectivity index (χ2n) is 5.49. The largest absolute Gasteiger partial charge is 0.381 e. The molecule has 2 fully saturated rings. The van der Waals surface area contributed by atoms with Gasteiger partial charge in [0, 0.05) is 25.2 Å². The lowest BCUT2D eigenvalue weighted by molar-refractivity contribution is 0.175. The van der Waals surface area contributed by atoms with Crippen LogP contribution >= 0.6 is 0 Å². The highest BCUT2D eigenvalue weighted by molar-refractivity contribution is 4.80. The number of rotatable bonds is 5. The van der Waals surface area contributed by atoms with Crippen LogP contribution in [-0.2, 0) is 4.74 Å². The van der Waals surface area contributed by atoms with Crippen molar-refractivity contribution >= 4 is 0 Å². The van der Waals surface area contributed by atoms with Crippen LogP contribution in [0.2, 0.25) is 0 Å². The van der Waals surface area contributed by atoms with Gasteiger partial charge in [0.15, 0.2) is 0 Å². The third-order valence-corrected chi connectivity index (χ3v) is 3.95. The van der Waals surface area contributed by atoms with Gasteiger partial charge in [0.05, 0.1) is 6.61 Å². The van der Waals surface area contributed by atoms with Gasteiger partial charge in [-0.3, -0.25) is 0 Å². The fourth-order valence-corrected chi connectivity index (χ4v) is 2.94. The topological polar surface area (TPSA) is 24.5 Å². The minimum Gasteiger partial charge on any atom is -0.381 e. The highest BCUT2D eigenvalue weighted by Crippen LogP contribution is 2.17. The Kier molecular flexibility index (Phi) is 4.62. The molecule has 2 heterocycles. The lowest BCUT2D eigenvalue weighted by Gasteiger charge is -2.27. The van der Waals surface area contributed by atoms with E-state index in [2.05, 4.69) is 24.1 Å². The van der Waals surface area contributed by atoms with Crippen LogP contribution in [0.3, 0.4) is 0 Å². The van der Waals surface area contributed by atoms with E-state index < -0.39 is 0 Å². The van der Waals surface area contributed by atoms with Gasteiger partial charge in [-0.15, -0.1) is 0 Å². The second-order valence-corrected chi connectivity index (χ2v) is 5.49. The fraction of sp³-hybridized carbons (Fsp3) is 1.00. The summed E-state index contributed by atoms with van der Waals surface area (Å²) in [5, 5.41) is 3.73. The molecule has 0 amide bonds. The standard InChI is InChI=1S/C13H26N2O/c1-11(9-15-6-3-4-7-15)14-12(2)13-5-8-16-10-13/h11-14H,3-10H2,1-2H3. The maximum atomic E-state index is 5.44. The van der Waals surface area contributed by atoms with Gasteiger partial charge < -0.3 is 15.0 Å². The third kappa shape index (κ3) is 3.44. The van der Waals surface area contributed by atoms with E-state index in [1.54, 1.807) is 0 Å². The Bertz CT molecular complexity index is 198. The molecule has 0 saturated carbocycles. The Morgan fingerprint density at radius 1 is 1.31 bits per heavy atom. The van der Waals surface area contributed by atoms with Gasteiger partial charge in [0.2, 0.25) is 0 Å². The van der Waals surface area contributed by atoms with Gasteiger partial charge in [-0.25, -0.2) is 0 Å². The Labute approximate surface area is 99.5 Å². The van der Waals surface area contributed by atoms with Gasteiger partial charge >= 0.3 is 0 Å². The SMILES string of the molecule is CC(CN1CCCC1)NC(C)C1CCOC1. The van der Waals surface area contributed by atoms with Crippen molar-refractivity contribution in [2.45, 2.75) is 45.2 Å². The maximum absolute atomic E-state index is 5.44. The first-order chi connectivity index (χ1) is 7.75. The average Bonchev–Trinajstić information content (AvgIpc) is 2.88. The van der Waals surface area contributed by atoms with Crippen LogP contribution in [0, 0.1) is 5.92 Å². The van der Waals surface area contributed by atoms with E-state index in [4.69, 9.17) is 4.74 Å². The first kappa shape index (κ1) is 12.3. The molecular formula is C13H26N2O. The molecule has 0 bridgehead atoms. The molecule has 0 aromatic heterocycles.